The number of nitrogens with zero attached hydrogens (tertiary/aromatic N) is 3. The van der Waals surface area contributed by atoms with Crippen LogP contribution in [0.4, 0.5) is 16.0 Å². The molecule has 0 spiro atoms. The number of nitrogen functional groups attached to an aromatic ring is 2. The Morgan fingerprint density at radius 1 is 0.786 bits per heavy atom. The average Bonchev–Trinajstić information content (AvgIpc) is 2.71. The summed E-state index contributed by atoms with van der Waals surface area (Å²) in [6.07, 6.45) is 4.30. The van der Waals surface area contributed by atoms with Crippen LogP contribution in [0.1, 0.15) is 0 Å². The van der Waals surface area contributed by atoms with Crippen molar-refractivity contribution in [2.75, 3.05) is 11.5 Å². The van der Waals surface area contributed by atoms with Crippen molar-refractivity contribution in [2.45, 2.75) is 0 Å². The number of halogens is 1. The Balaban J connectivity index is 1.87. The summed E-state index contributed by atoms with van der Waals surface area (Å²) >= 11 is 0. The molecule has 0 bridgehead atoms. The second-order valence-corrected chi connectivity index (χ2v) is 6.01. The summed E-state index contributed by atoms with van der Waals surface area (Å²) in [7, 11) is 0. The molecular formula is C21H16FN5O. The van der Waals surface area contributed by atoms with Gasteiger partial charge in [0, 0.05) is 23.4 Å². The van der Waals surface area contributed by atoms with Crippen molar-refractivity contribution in [3.8, 4) is 33.9 Å². The Hall–Kier alpha value is -4.00. The number of pyridine rings is 1. The zero-order valence-electron chi connectivity index (χ0n) is 14.7. The molecular weight excluding hydrogens is 357 g/mol. The van der Waals surface area contributed by atoms with Crippen molar-refractivity contribution in [3.05, 3.63) is 79.0 Å². The van der Waals surface area contributed by atoms with Gasteiger partial charge in [-0.15, -0.1) is 0 Å². The van der Waals surface area contributed by atoms with E-state index in [0.29, 0.717) is 17.0 Å². The first-order valence-corrected chi connectivity index (χ1v) is 8.47. The third-order valence-electron chi connectivity index (χ3n) is 4.10. The molecule has 0 atom stereocenters. The minimum Gasteiger partial charge on any atom is -0.453 e. The molecule has 6 nitrogen and oxygen atoms in total. The number of benzene rings is 2. The molecule has 4 aromatic rings. The largest absolute Gasteiger partial charge is 0.453 e. The van der Waals surface area contributed by atoms with Crippen LogP contribution >= 0.6 is 0 Å². The van der Waals surface area contributed by atoms with Crippen molar-refractivity contribution in [3.63, 3.8) is 0 Å². The van der Waals surface area contributed by atoms with Crippen molar-refractivity contribution in [1.82, 2.24) is 15.0 Å². The predicted octanol–water partition coefficient (Wildman–Crippen LogP) is 4.30. The SMILES string of the molecule is Nc1cnc(-c2ccc(-c3ccccc3)c(Oc3ccnc(N)c3)c2F)cn1. The van der Waals surface area contributed by atoms with Crippen molar-refractivity contribution in [1.29, 1.82) is 0 Å². The van der Waals surface area contributed by atoms with Crippen LogP contribution in [0, 0.1) is 5.82 Å². The zero-order chi connectivity index (χ0) is 19.5. The fraction of sp³-hybridized carbons (Fsp3) is 0. The fourth-order valence-electron chi connectivity index (χ4n) is 2.79. The van der Waals surface area contributed by atoms with Gasteiger partial charge in [-0.25, -0.2) is 14.4 Å². The van der Waals surface area contributed by atoms with Gasteiger partial charge < -0.3 is 16.2 Å². The van der Waals surface area contributed by atoms with Crippen LogP contribution in [-0.4, -0.2) is 15.0 Å². The Kier molecular flexibility index (Phi) is 4.55. The summed E-state index contributed by atoms with van der Waals surface area (Å²) in [4.78, 5) is 12.1. The van der Waals surface area contributed by atoms with Crippen LogP contribution in [0.2, 0.25) is 0 Å². The Labute approximate surface area is 160 Å². The zero-order valence-corrected chi connectivity index (χ0v) is 14.7. The molecule has 0 unspecified atom stereocenters. The Bertz CT molecular complexity index is 1120. The maximum absolute atomic E-state index is 15.5. The van der Waals surface area contributed by atoms with E-state index in [0.717, 1.165) is 5.56 Å². The molecule has 4 N–H and O–H groups in total. The number of hydrogen-bond donors (Lipinski definition) is 2. The molecule has 0 saturated heterocycles. The van der Waals surface area contributed by atoms with Crippen molar-refractivity contribution in [2.24, 2.45) is 0 Å². The molecule has 2 aromatic carbocycles. The van der Waals surface area contributed by atoms with Gasteiger partial charge in [0.2, 0.25) is 0 Å². The number of ether oxygens (including phenoxy) is 1. The molecule has 0 aliphatic rings. The van der Waals surface area contributed by atoms with Crippen LogP contribution in [0.3, 0.4) is 0 Å². The second-order valence-electron chi connectivity index (χ2n) is 6.01. The monoisotopic (exact) mass is 373 g/mol. The molecule has 0 amide bonds. The lowest BCUT2D eigenvalue weighted by molar-refractivity contribution is 0.445. The molecule has 0 aliphatic carbocycles. The van der Waals surface area contributed by atoms with Crippen LogP contribution in [0.5, 0.6) is 11.5 Å². The van der Waals surface area contributed by atoms with Gasteiger partial charge in [0.15, 0.2) is 11.6 Å². The van der Waals surface area contributed by atoms with Gasteiger partial charge in [-0.2, -0.15) is 0 Å². The topological polar surface area (TPSA) is 99.9 Å². The molecule has 2 aromatic heterocycles. The maximum atomic E-state index is 15.5. The summed E-state index contributed by atoms with van der Waals surface area (Å²) in [6, 6.07) is 16.0. The van der Waals surface area contributed by atoms with E-state index in [4.69, 9.17) is 16.2 Å². The molecule has 0 radical (unpaired) electrons. The average molecular weight is 373 g/mol. The highest BCUT2D eigenvalue weighted by Gasteiger charge is 2.19. The summed E-state index contributed by atoms with van der Waals surface area (Å²) < 4.78 is 21.4. The van der Waals surface area contributed by atoms with Gasteiger partial charge in [0.05, 0.1) is 18.1 Å². The lowest BCUT2D eigenvalue weighted by Crippen LogP contribution is -1.98. The van der Waals surface area contributed by atoms with Gasteiger partial charge in [-0.1, -0.05) is 30.3 Å². The van der Waals surface area contributed by atoms with Crippen LogP contribution in [0.25, 0.3) is 22.4 Å². The van der Waals surface area contributed by atoms with Gasteiger partial charge >= 0.3 is 0 Å². The number of aromatic nitrogens is 3. The van der Waals surface area contributed by atoms with Gasteiger partial charge in [0.25, 0.3) is 0 Å². The Morgan fingerprint density at radius 3 is 2.29 bits per heavy atom. The van der Waals surface area contributed by atoms with Crippen molar-refractivity contribution >= 4 is 11.6 Å². The summed E-state index contributed by atoms with van der Waals surface area (Å²) in [5.74, 6) is 0.418. The van der Waals surface area contributed by atoms with Gasteiger partial charge in [-0.05, 0) is 23.8 Å². The normalized spacial score (nSPS) is 10.6. The molecule has 4 rings (SSSR count). The number of nitrogens with two attached hydrogens (primary N) is 2. The highest BCUT2D eigenvalue weighted by Crippen LogP contribution is 2.39. The standard InChI is InChI=1S/C21H16FN5O/c22-20-16(17-11-27-19(24)12-26-17)7-6-15(13-4-2-1-3-5-13)21(20)28-14-8-9-25-18(23)10-14/h1-12H,(H2,23,25)(H2,24,27). The van der Waals surface area contributed by atoms with Crippen LogP contribution in [-0.2, 0) is 0 Å². The lowest BCUT2D eigenvalue weighted by Gasteiger charge is -2.15. The van der Waals surface area contributed by atoms with E-state index in [1.54, 1.807) is 18.2 Å². The first-order chi connectivity index (χ1) is 13.6. The molecule has 138 valence electrons. The van der Waals surface area contributed by atoms with Crippen LogP contribution < -0.4 is 16.2 Å². The number of rotatable bonds is 4. The minimum absolute atomic E-state index is 0.0629. The van der Waals surface area contributed by atoms with E-state index >= 15 is 4.39 Å². The van der Waals surface area contributed by atoms with E-state index in [-0.39, 0.29) is 22.9 Å². The van der Waals surface area contributed by atoms with Gasteiger partial charge in [-0.3, -0.25) is 4.98 Å². The predicted molar refractivity (Wildman–Crippen MR) is 106 cm³/mol. The fourth-order valence-corrected chi connectivity index (χ4v) is 2.79. The van der Waals surface area contributed by atoms with E-state index in [9.17, 15) is 0 Å². The lowest BCUT2D eigenvalue weighted by atomic mass is 10.0. The van der Waals surface area contributed by atoms with E-state index in [1.165, 1.54) is 24.7 Å². The minimum atomic E-state index is -0.559. The quantitative estimate of drug-likeness (QED) is 0.553. The smallest absolute Gasteiger partial charge is 0.175 e. The highest BCUT2D eigenvalue weighted by molar-refractivity contribution is 5.76. The molecule has 0 fully saturated rings. The van der Waals surface area contributed by atoms with E-state index in [2.05, 4.69) is 15.0 Å². The summed E-state index contributed by atoms with van der Waals surface area (Å²) in [6.45, 7) is 0. The highest BCUT2D eigenvalue weighted by atomic mass is 19.1. The van der Waals surface area contributed by atoms with E-state index < -0.39 is 5.82 Å². The molecule has 0 aliphatic heterocycles. The van der Waals surface area contributed by atoms with E-state index in [1.807, 2.05) is 30.3 Å². The third kappa shape index (κ3) is 3.45. The first kappa shape index (κ1) is 17.4. The third-order valence-corrected chi connectivity index (χ3v) is 4.10. The maximum Gasteiger partial charge on any atom is 0.175 e. The molecule has 2 heterocycles. The summed E-state index contributed by atoms with van der Waals surface area (Å²) in [5, 5.41) is 0. The van der Waals surface area contributed by atoms with Crippen LogP contribution in [0.15, 0.2) is 73.2 Å². The Morgan fingerprint density at radius 2 is 1.57 bits per heavy atom. The number of anilines is 2. The molecule has 0 saturated carbocycles. The first-order valence-electron chi connectivity index (χ1n) is 8.47. The van der Waals surface area contributed by atoms with Gasteiger partial charge in [0.1, 0.15) is 17.4 Å². The molecule has 28 heavy (non-hydrogen) atoms. The second kappa shape index (κ2) is 7.32. The molecule has 7 heteroatoms. The number of hydrogen-bond acceptors (Lipinski definition) is 6. The summed E-state index contributed by atoms with van der Waals surface area (Å²) in [5.41, 5.74) is 13.3. The van der Waals surface area contributed by atoms with Crippen molar-refractivity contribution < 1.29 is 9.13 Å².